The van der Waals surface area contributed by atoms with Crippen molar-refractivity contribution in [3.63, 3.8) is 0 Å². The summed E-state index contributed by atoms with van der Waals surface area (Å²) in [5.74, 6) is -0.204. The van der Waals surface area contributed by atoms with Crippen molar-refractivity contribution in [2.45, 2.75) is 44.9 Å². The van der Waals surface area contributed by atoms with E-state index in [4.69, 9.17) is 0 Å². The van der Waals surface area contributed by atoms with Gasteiger partial charge in [-0.15, -0.1) is 0 Å². The largest absolute Gasteiger partial charge is 0.416 e. The fourth-order valence-electron chi connectivity index (χ4n) is 5.47. The van der Waals surface area contributed by atoms with Crippen molar-refractivity contribution >= 4 is 28.5 Å². The smallest absolute Gasteiger partial charge is 0.354 e. The Morgan fingerprint density at radius 2 is 1.66 bits per heavy atom. The molecule has 10 heteroatoms. The molecule has 3 aromatic carbocycles. The molecule has 5 rings (SSSR count). The van der Waals surface area contributed by atoms with E-state index in [0.29, 0.717) is 30.0 Å². The molecule has 2 amide bonds. The normalized spacial score (nSPS) is 12.2. The number of nitrogens with zero attached hydrogens (tertiary/aromatic N) is 3. The van der Waals surface area contributed by atoms with Crippen LogP contribution in [0.15, 0.2) is 103 Å². The first kappa shape index (κ1) is 33.3. The Bertz CT molecular complexity index is 1830. The number of unbranched alkanes of at least 4 members (excludes halogenated alkanes) is 2. The second-order valence-electron chi connectivity index (χ2n) is 11.4. The van der Waals surface area contributed by atoms with E-state index in [1.54, 1.807) is 18.2 Å². The second kappa shape index (κ2) is 15.0. The number of rotatable bonds is 12. The average molecular weight is 640 g/mol. The number of fused-ring (bicyclic) bond motifs is 1. The lowest BCUT2D eigenvalue weighted by atomic mass is 10.0. The van der Waals surface area contributed by atoms with Gasteiger partial charge in [0, 0.05) is 30.2 Å². The van der Waals surface area contributed by atoms with Crippen molar-refractivity contribution < 1.29 is 22.8 Å². The fourth-order valence-corrected chi connectivity index (χ4v) is 5.47. The SMILES string of the molecule is CCCCCNC(=O)[C@H](c1ccccc1)N(C)Cc1ccc2nc(NC(=O)c3cccnc3-c3ccc(C(F)(F)F)cc3)ccc2c1. The van der Waals surface area contributed by atoms with Crippen molar-refractivity contribution in [3.05, 3.63) is 126 Å². The molecule has 0 saturated carbocycles. The van der Waals surface area contributed by atoms with E-state index in [1.165, 1.54) is 18.3 Å². The number of halogens is 3. The van der Waals surface area contributed by atoms with E-state index in [-0.39, 0.29) is 17.2 Å². The highest BCUT2D eigenvalue weighted by Crippen LogP contribution is 2.31. The number of hydrogen-bond donors (Lipinski definition) is 2. The first-order valence-corrected chi connectivity index (χ1v) is 15.5. The highest BCUT2D eigenvalue weighted by atomic mass is 19.4. The quantitative estimate of drug-likeness (QED) is 0.135. The highest BCUT2D eigenvalue weighted by Gasteiger charge is 2.30. The average Bonchev–Trinajstić information content (AvgIpc) is 3.07. The van der Waals surface area contributed by atoms with Gasteiger partial charge in [0.15, 0.2) is 0 Å². The van der Waals surface area contributed by atoms with Gasteiger partial charge < -0.3 is 10.6 Å². The number of carbonyl (C=O) groups excluding carboxylic acids is 2. The van der Waals surface area contributed by atoms with Gasteiger partial charge in [0.2, 0.25) is 5.91 Å². The van der Waals surface area contributed by atoms with Gasteiger partial charge in [0.1, 0.15) is 11.9 Å². The number of amides is 2. The number of carbonyl (C=O) groups is 2. The van der Waals surface area contributed by atoms with Crippen LogP contribution in [-0.4, -0.2) is 40.3 Å². The zero-order valence-corrected chi connectivity index (χ0v) is 26.2. The van der Waals surface area contributed by atoms with Crippen LogP contribution in [0.2, 0.25) is 0 Å². The van der Waals surface area contributed by atoms with Crippen LogP contribution in [0.4, 0.5) is 19.0 Å². The van der Waals surface area contributed by atoms with E-state index in [2.05, 4.69) is 27.5 Å². The Balaban J connectivity index is 1.30. The number of benzene rings is 3. The zero-order chi connectivity index (χ0) is 33.4. The van der Waals surface area contributed by atoms with Crippen LogP contribution in [-0.2, 0) is 17.5 Å². The van der Waals surface area contributed by atoms with Crippen LogP contribution >= 0.6 is 0 Å². The summed E-state index contributed by atoms with van der Waals surface area (Å²) >= 11 is 0. The molecule has 0 bridgehead atoms. The third kappa shape index (κ3) is 8.39. The van der Waals surface area contributed by atoms with Gasteiger partial charge in [-0.3, -0.25) is 19.5 Å². The third-order valence-electron chi connectivity index (χ3n) is 7.85. The van der Waals surface area contributed by atoms with Gasteiger partial charge >= 0.3 is 6.18 Å². The zero-order valence-electron chi connectivity index (χ0n) is 26.2. The first-order valence-electron chi connectivity index (χ1n) is 15.5. The number of likely N-dealkylation sites (N-methyl/N-ethyl adjacent to an activating group) is 1. The number of anilines is 1. The van der Waals surface area contributed by atoms with E-state index in [1.807, 2.05) is 66.5 Å². The summed E-state index contributed by atoms with van der Waals surface area (Å²) in [6.07, 6.45) is 0.108. The standard InChI is InChI=1S/C37H36F3N5O2/c1-3-4-8-21-42-36(47)34(27-10-6-5-7-11-27)45(2)24-25-13-19-31-28(23-25)16-20-32(43-31)44-35(46)30-12-9-22-41-33(30)26-14-17-29(18-15-26)37(38,39)40/h5-7,9-20,22-23,34H,3-4,8,21,24H2,1-2H3,(H,42,47)(H,43,44,46)/t34-/m0/s1. The van der Waals surface area contributed by atoms with E-state index in [9.17, 15) is 22.8 Å². The molecule has 7 nitrogen and oxygen atoms in total. The molecule has 2 heterocycles. The molecule has 1 atom stereocenters. The van der Waals surface area contributed by atoms with E-state index < -0.39 is 23.7 Å². The molecule has 47 heavy (non-hydrogen) atoms. The predicted molar refractivity (Wildman–Crippen MR) is 178 cm³/mol. The highest BCUT2D eigenvalue weighted by molar-refractivity contribution is 6.08. The molecule has 0 radical (unpaired) electrons. The number of alkyl halides is 3. The van der Waals surface area contributed by atoms with Crippen LogP contribution in [0, 0.1) is 0 Å². The van der Waals surface area contributed by atoms with Crippen LogP contribution in [0.5, 0.6) is 0 Å². The number of hydrogen-bond acceptors (Lipinski definition) is 5. The Hall–Kier alpha value is -5.09. The first-order chi connectivity index (χ1) is 22.6. The van der Waals surface area contributed by atoms with Gasteiger partial charge in [-0.2, -0.15) is 13.2 Å². The lowest BCUT2D eigenvalue weighted by Gasteiger charge is -2.28. The molecule has 2 aromatic heterocycles. The molecule has 0 aliphatic carbocycles. The Morgan fingerprint density at radius 3 is 2.38 bits per heavy atom. The van der Waals surface area contributed by atoms with Crippen LogP contribution in [0.3, 0.4) is 0 Å². The van der Waals surface area contributed by atoms with Gasteiger partial charge in [-0.05, 0) is 73.1 Å². The number of nitrogens with one attached hydrogen (secondary N) is 2. The lowest BCUT2D eigenvalue weighted by molar-refractivity contribution is -0.137. The molecule has 2 N–H and O–H groups in total. The maximum absolute atomic E-state index is 13.3. The molecule has 0 aliphatic rings. The van der Waals surface area contributed by atoms with Gasteiger partial charge in [0.25, 0.3) is 5.91 Å². The van der Waals surface area contributed by atoms with Crippen molar-refractivity contribution in [1.29, 1.82) is 0 Å². The Kier molecular flexibility index (Phi) is 10.6. The molecule has 0 aliphatic heterocycles. The number of aromatic nitrogens is 2. The van der Waals surface area contributed by atoms with Gasteiger partial charge in [-0.1, -0.05) is 68.3 Å². The minimum atomic E-state index is -4.46. The predicted octanol–water partition coefficient (Wildman–Crippen LogP) is 8.05. The summed E-state index contributed by atoms with van der Waals surface area (Å²) < 4.78 is 39.1. The summed E-state index contributed by atoms with van der Waals surface area (Å²) in [5, 5.41) is 6.75. The van der Waals surface area contributed by atoms with Crippen molar-refractivity contribution in [2.24, 2.45) is 0 Å². The lowest BCUT2D eigenvalue weighted by Crippen LogP contribution is -2.38. The van der Waals surface area contributed by atoms with Crippen molar-refractivity contribution in [2.75, 3.05) is 18.9 Å². The topological polar surface area (TPSA) is 87.2 Å². The molecule has 0 saturated heterocycles. The molecular weight excluding hydrogens is 603 g/mol. The maximum Gasteiger partial charge on any atom is 0.416 e. The molecule has 5 aromatic rings. The van der Waals surface area contributed by atoms with Crippen LogP contribution < -0.4 is 10.6 Å². The molecule has 242 valence electrons. The van der Waals surface area contributed by atoms with E-state index in [0.717, 1.165) is 47.9 Å². The summed E-state index contributed by atoms with van der Waals surface area (Å²) in [6.45, 7) is 3.29. The fraction of sp³-hybridized carbons (Fsp3) is 0.243. The summed E-state index contributed by atoms with van der Waals surface area (Å²) in [4.78, 5) is 37.4. The molecular formula is C37H36F3N5O2. The minimum Gasteiger partial charge on any atom is -0.354 e. The number of pyridine rings is 2. The van der Waals surface area contributed by atoms with Crippen LogP contribution in [0.1, 0.15) is 59.3 Å². The van der Waals surface area contributed by atoms with Crippen LogP contribution in [0.25, 0.3) is 22.2 Å². The summed E-state index contributed by atoms with van der Waals surface area (Å²) in [6, 6.07) is 26.3. The maximum atomic E-state index is 13.3. The Labute approximate surface area is 271 Å². The minimum absolute atomic E-state index is 0.0345. The van der Waals surface area contributed by atoms with Crippen molar-refractivity contribution in [3.8, 4) is 11.3 Å². The molecule has 0 spiro atoms. The molecule has 0 fully saturated rings. The summed E-state index contributed by atoms with van der Waals surface area (Å²) in [7, 11) is 1.93. The van der Waals surface area contributed by atoms with Gasteiger partial charge in [0.05, 0.1) is 22.3 Å². The summed E-state index contributed by atoms with van der Waals surface area (Å²) in [5.41, 5.74) is 2.65. The second-order valence-corrected chi connectivity index (χ2v) is 11.4. The molecule has 0 unspecified atom stereocenters. The third-order valence-corrected chi connectivity index (χ3v) is 7.85. The van der Waals surface area contributed by atoms with E-state index >= 15 is 0 Å². The van der Waals surface area contributed by atoms with Crippen molar-refractivity contribution in [1.82, 2.24) is 20.2 Å². The monoisotopic (exact) mass is 639 g/mol. The Morgan fingerprint density at radius 1 is 0.894 bits per heavy atom. The van der Waals surface area contributed by atoms with Gasteiger partial charge in [-0.25, -0.2) is 4.98 Å².